The lowest BCUT2D eigenvalue weighted by atomic mass is 10.1. The Morgan fingerprint density at radius 2 is 2.24 bits per heavy atom. The van der Waals surface area contributed by atoms with Gasteiger partial charge in [-0.3, -0.25) is 0 Å². The highest BCUT2D eigenvalue weighted by Gasteiger charge is 2.33. The molecule has 0 amide bonds. The zero-order chi connectivity index (χ0) is 11.9. The molecule has 2 aliphatic heterocycles. The van der Waals surface area contributed by atoms with Crippen LogP contribution in [0.4, 0.5) is 0 Å². The van der Waals surface area contributed by atoms with Gasteiger partial charge in [-0.05, 0) is 25.8 Å². The molecule has 0 aromatic carbocycles. The molecule has 0 bridgehead atoms. The van der Waals surface area contributed by atoms with Crippen LogP contribution < -0.4 is 5.32 Å². The van der Waals surface area contributed by atoms with Crippen LogP contribution in [0.25, 0.3) is 0 Å². The van der Waals surface area contributed by atoms with E-state index in [1.165, 1.54) is 0 Å². The summed E-state index contributed by atoms with van der Waals surface area (Å²) in [6.45, 7) is 0.979. The predicted octanol–water partition coefficient (Wildman–Crippen LogP) is 0.396. The molecule has 1 aromatic heterocycles. The molecule has 3 heterocycles. The second-order valence-electron chi connectivity index (χ2n) is 4.74. The van der Waals surface area contributed by atoms with Gasteiger partial charge in [0.15, 0.2) is 15.7 Å². The fourth-order valence-corrected chi connectivity index (χ4v) is 4.18. The number of nitrogens with one attached hydrogen (secondary N) is 1. The van der Waals surface area contributed by atoms with Crippen LogP contribution >= 0.6 is 0 Å². The molecule has 3 rings (SSSR count). The van der Waals surface area contributed by atoms with Crippen LogP contribution in [0.15, 0.2) is 4.52 Å². The van der Waals surface area contributed by atoms with Crippen LogP contribution in [0.3, 0.4) is 0 Å². The minimum absolute atomic E-state index is 0.109. The lowest BCUT2D eigenvalue weighted by Crippen LogP contribution is -2.14. The van der Waals surface area contributed by atoms with Gasteiger partial charge in [-0.15, -0.1) is 0 Å². The SMILES string of the molecule is O=S1(=O)CCC(c2nc(C3CCCN3)no2)C1. The molecule has 2 unspecified atom stereocenters. The fourth-order valence-electron chi connectivity index (χ4n) is 2.45. The fraction of sp³-hybridized carbons (Fsp3) is 0.800. The van der Waals surface area contributed by atoms with E-state index in [1.807, 2.05) is 0 Å². The molecule has 0 saturated carbocycles. The van der Waals surface area contributed by atoms with Gasteiger partial charge in [-0.2, -0.15) is 4.98 Å². The van der Waals surface area contributed by atoms with E-state index in [2.05, 4.69) is 15.5 Å². The smallest absolute Gasteiger partial charge is 0.230 e. The van der Waals surface area contributed by atoms with Gasteiger partial charge < -0.3 is 9.84 Å². The first-order chi connectivity index (χ1) is 8.14. The summed E-state index contributed by atoms with van der Waals surface area (Å²) in [4.78, 5) is 4.34. The Kier molecular flexibility index (Phi) is 2.67. The van der Waals surface area contributed by atoms with Gasteiger partial charge in [0.05, 0.1) is 23.5 Å². The molecule has 17 heavy (non-hydrogen) atoms. The summed E-state index contributed by atoms with van der Waals surface area (Å²) in [5.74, 6) is 1.42. The first-order valence-electron chi connectivity index (χ1n) is 5.91. The van der Waals surface area contributed by atoms with Crippen molar-refractivity contribution < 1.29 is 12.9 Å². The van der Waals surface area contributed by atoms with Crippen molar-refractivity contribution in [1.82, 2.24) is 15.5 Å². The lowest BCUT2D eigenvalue weighted by molar-refractivity contribution is 0.352. The highest BCUT2D eigenvalue weighted by atomic mass is 32.2. The molecule has 0 radical (unpaired) electrons. The van der Waals surface area contributed by atoms with E-state index in [0.29, 0.717) is 18.1 Å². The average Bonchev–Trinajstić information content (AvgIpc) is 2.93. The number of hydrogen-bond donors (Lipinski definition) is 1. The van der Waals surface area contributed by atoms with E-state index in [4.69, 9.17) is 4.52 Å². The highest BCUT2D eigenvalue weighted by Crippen LogP contribution is 2.29. The van der Waals surface area contributed by atoms with E-state index in [-0.39, 0.29) is 23.5 Å². The summed E-state index contributed by atoms with van der Waals surface area (Å²) in [5, 5.41) is 7.24. The molecule has 0 aliphatic carbocycles. The normalized spacial score (nSPS) is 32.0. The van der Waals surface area contributed by atoms with E-state index >= 15 is 0 Å². The molecule has 2 fully saturated rings. The van der Waals surface area contributed by atoms with Crippen LogP contribution in [-0.4, -0.2) is 36.6 Å². The van der Waals surface area contributed by atoms with Gasteiger partial charge in [-0.1, -0.05) is 5.16 Å². The van der Waals surface area contributed by atoms with Crippen molar-refractivity contribution >= 4 is 9.84 Å². The van der Waals surface area contributed by atoms with E-state index in [1.54, 1.807) is 0 Å². The van der Waals surface area contributed by atoms with Crippen molar-refractivity contribution in [2.75, 3.05) is 18.1 Å². The van der Waals surface area contributed by atoms with Gasteiger partial charge >= 0.3 is 0 Å². The minimum Gasteiger partial charge on any atom is -0.339 e. The van der Waals surface area contributed by atoms with Crippen LogP contribution in [0.1, 0.15) is 42.9 Å². The van der Waals surface area contributed by atoms with Crippen molar-refractivity contribution in [1.29, 1.82) is 0 Å². The Morgan fingerprint density at radius 3 is 2.88 bits per heavy atom. The molecular weight excluding hydrogens is 242 g/mol. The van der Waals surface area contributed by atoms with E-state index < -0.39 is 9.84 Å². The highest BCUT2D eigenvalue weighted by molar-refractivity contribution is 7.91. The largest absolute Gasteiger partial charge is 0.339 e. The molecule has 7 heteroatoms. The number of nitrogens with zero attached hydrogens (tertiary/aromatic N) is 2. The average molecular weight is 257 g/mol. The number of hydrogen-bond acceptors (Lipinski definition) is 6. The summed E-state index contributed by atoms with van der Waals surface area (Å²) in [7, 11) is -2.90. The molecule has 1 N–H and O–H groups in total. The monoisotopic (exact) mass is 257 g/mol. The third kappa shape index (κ3) is 2.21. The van der Waals surface area contributed by atoms with Crippen molar-refractivity contribution in [2.45, 2.75) is 31.2 Å². The molecular formula is C10H15N3O3S. The van der Waals surface area contributed by atoms with Crippen molar-refractivity contribution in [3.05, 3.63) is 11.7 Å². The minimum atomic E-state index is -2.90. The molecule has 0 spiro atoms. The molecule has 2 saturated heterocycles. The number of rotatable bonds is 2. The summed E-state index contributed by atoms with van der Waals surface area (Å²) in [5.41, 5.74) is 0. The number of aromatic nitrogens is 2. The Hall–Kier alpha value is -0.950. The van der Waals surface area contributed by atoms with Gasteiger partial charge in [0.2, 0.25) is 5.89 Å². The third-order valence-corrected chi connectivity index (χ3v) is 5.18. The second kappa shape index (κ2) is 4.06. The van der Waals surface area contributed by atoms with Crippen molar-refractivity contribution in [2.24, 2.45) is 0 Å². The maximum atomic E-state index is 11.4. The van der Waals surface area contributed by atoms with Gasteiger partial charge in [0.25, 0.3) is 0 Å². The molecule has 2 atom stereocenters. The topological polar surface area (TPSA) is 85.1 Å². The number of sulfone groups is 1. The van der Waals surface area contributed by atoms with Gasteiger partial charge in [0.1, 0.15) is 0 Å². The van der Waals surface area contributed by atoms with Crippen molar-refractivity contribution in [3.8, 4) is 0 Å². The van der Waals surface area contributed by atoms with Crippen LogP contribution in [-0.2, 0) is 9.84 Å². The first-order valence-corrected chi connectivity index (χ1v) is 7.73. The summed E-state index contributed by atoms with van der Waals surface area (Å²) in [6.07, 6.45) is 2.73. The molecule has 94 valence electrons. The zero-order valence-corrected chi connectivity index (χ0v) is 10.2. The summed E-state index contributed by atoms with van der Waals surface area (Å²) >= 11 is 0. The summed E-state index contributed by atoms with van der Waals surface area (Å²) in [6, 6.07) is 0.172. The van der Waals surface area contributed by atoms with Crippen LogP contribution in [0.5, 0.6) is 0 Å². The zero-order valence-electron chi connectivity index (χ0n) is 9.42. The Balaban J connectivity index is 1.76. The first kappa shape index (κ1) is 11.2. The molecule has 1 aromatic rings. The van der Waals surface area contributed by atoms with Crippen molar-refractivity contribution in [3.63, 3.8) is 0 Å². The quantitative estimate of drug-likeness (QED) is 0.825. The maximum absolute atomic E-state index is 11.4. The summed E-state index contributed by atoms with van der Waals surface area (Å²) < 4.78 is 27.9. The Morgan fingerprint density at radius 1 is 1.35 bits per heavy atom. The van der Waals surface area contributed by atoms with E-state index in [0.717, 1.165) is 19.4 Å². The predicted molar refractivity (Wildman–Crippen MR) is 60.3 cm³/mol. The van der Waals surface area contributed by atoms with Crippen LogP contribution in [0, 0.1) is 0 Å². The van der Waals surface area contributed by atoms with Gasteiger partial charge in [-0.25, -0.2) is 8.42 Å². The standard InChI is InChI=1S/C10H15N3O3S/c14-17(15)5-3-7(6-17)10-12-9(13-16-10)8-2-1-4-11-8/h7-8,11H,1-6H2. The lowest BCUT2D eigenvalue weighted by Gasteiger charge is -2.02. The van der Waals surface area contributed by atoms with Crippen LogP contribution in [0.2, 0.25) is 0 Å². The Labute approximate surface area is 99.7 Å². The maximum Gasteiger partial charge on any atom is 0.230 e. The third-order valence-electron chi connectivity index (χ3n) is 3.41. The van der Waals surface area contributed by atoms with Gasteiger partial charge in [0, 0.05) is 0 Å². The molecule has 2 aliphatic rings. The van der Waals surface area contributed by atoms with E-state index in [9.17, 15) is 8.42 Å². The Bertz CT molecular complexity index is 505. The molecule has 6 nitrogen and oxygen atoms in total. The second-order valence-corrected chi connectivity index (χ2v) is 6.97.